The molecule has 0 bridgehead atoms. The van der Waals surface area contributed by atoms with Gasteiger partial charge in [-0.05, 0) is 17.7 Å². The van der Waals surface area contributed by atoms with Crippen molar-refractivity contribution in [1.82, 2.24) is 5.32 Å². The fourth-order valence-electron chi connectivity index (χ4n) is 2.53. The SMILES string of the molecule is COC(=O)c1ccccc1N(CCC(=O)NCc1ccccc1)S(C)(=O)=O. The Hall–Kier alpha value is -2.87. The Morgan fingerprint density at radius 2 is 1.67 bits per heavy atom. The Labute approximate surface area is 159 Å². The first-order valence-electron chi connectivity index (χ1n) is 8.28. The van der Waals surface area contributed by atoms with E-state index in [-0.39, 0.29) is 30.1 Å². The summed E-state index contributed by atoms with van der Waals surface area (Å²) in [6, 6.07) is 15.6. The lowest BCUT2D eigenvalue weighted by Crippen LogP contribution is -2.35. The van der Waals surface area contributed by atoms with Gasteiger partial charge >= 0.3 is 5.97 Å². The van der Waals surface area contributed by atoms with Crippen molar-refractivity contribution < 1.29 is 22.7 Å². The maximum atomic E-state index is 12.2. The monoisotopic (exact) mass is 390 g/mol. The van der Waals surface area contributed by atoms with E-state index in [1.165, 1.54) is 19.2 Å². The fourth-order valence-corrected chi connectivity index (χ4v) is 3.47. The molecule has 0 atom stereocenters. The van der Waals surface area contributed by atoms with Gasteiger partial charge < -0.3 is 10.1 Å². The molecule has 8 heteroatoms. The normalized spacial score (nSPS) is 10.9. The zero-order chi connectivity index (χ0) is 19.9. The lowest BCUT2D eigenvalue weighted by atomic mass is 10.1. The van der Waals surface area contributed by atoms with Gasteiger partial charge in [-0.25, -0.2) is 13.2 Å². The van der Waals surface area contributed by atoms with Gasteiger partial charge in [0.2, 0.25) is 15.9 Å². The van der Waals surface area contributed by atoms with Gasteiger partial charge in [0.15, 0.2) is 0 Å². The summed E-state index contributed by atoms with van der Waals surface area (Å²) in [6.45, 7) is 0.269. The highest BCUT2D eigenvalue weighted by molar-refractivity contribution is 7.92. The molecule has 0 unspecified atom stereocenters. The number of benzene rings is 2. The maximum Gasteiger partial charge on any atom is 0.340 e. The molecule has 144 valence electrons. The number of hydrogen-bond donors (Lipinski definition) is 1. The molecule has 2 aromatic carbocycles. The van der Waals surface area contributed by atoms with Gasteiger partial charge in [0.1, 0.15) is 0 Å². The number of methoxy groups -OCH3 is 1. The molecule has 0 aromatic heterocycles. The van der Waals surface area contributed by atoms with E-state index < -0.39 is 16.0 Å². The second kappa shape index (κ2) is 9.18. The summed E-state index contributed by atoms with van der Waals surface area (Å²) in [4.78, 5) is 24.1. The molecule has 0 aliphatic heterocycles. The summed E-state index contributed by atoms with van der Waals surface area (Å²) < 4.78 is 30.2. The Morgan fingerprint density at radius 1 is 1.04 bits per heavy atom. The Bertz CT molecular complexity index is 897. The molecule has 0 aliphatic rings. The van der Waals surface area contributed by atoms with Gasteiger partial charge in [0.05, 0.1) is 24.6 Å². The van der Waals surface area contributed by atoms with Crippen molar-refractivity contribution in [2.24, 2.45) is 0 Å². The topological polar surface area (TPSA) is 92.8 Å². The number of ether oxygens (including phenoxy) is 1. The average Bonchev–Trinajstić information content (AvgIpc) is 2.66. The Balaban J connectivity index is 2.10. The van der Waals surface area contributed by atoms with Crippen molar-refractivity contribution in [2.45, 2.75) is 13.0 Å². The first-order chi connectivity index (χ1) is 12.8. The van der Waals surface area contributed by atoms with Crippen molar-refractivity contribution in [3.05, 3.63) is 65.7 Å². The molecule has 0 fully saturated rings. The van der Waals surface area contributed by atoms with E-state index in [2.05, 4.69) is 5.32 Å². The van der Waals surface area contributed by atoms with Crippen LogP contribution in [0.1, 0.15) is 22.3 Å². The van der Waals surface area contributed by atoms with Crippen LogP contribution in [0.3, 0.4) is 0 Å². The van der Waals surface area contributed by atoms with E-state index in [9.17, 15) is 18.0 Å². The summed E-state index contributed by atoms with van der Waals surface area (Å²) in [5, 5.41) is 2.75. The largest absolute Gasteiger partial charge is 0.465 e. The molecule has 0 radical (unpaired) electrons. The van der Waals surface area contributed by atoms with Gasteiger partial charge in [-0.2, -0.15) is 0 Å². The standard InChI is InChI=1S/C19H22N2O5S/c1-26-19(23)16-10-6-7-11-17(16)21(27(2,24)25)13-12-18(22)20-14-15-8-4-3-5-9-15/h3-11H,12-14H2,1-2H3,(H,20,22). The molecule has 1 amide bonds. The zero-order valence-corrected chi connectivity index (χ0v) is 16.0. The predicted octanol–water partition coefficient (Wildman–Crippen LogP) is 1.95. The number of carbonyl (C=O) groups excluding carboxylic acids is 2. The fraction of sp³-hybridized carbons (Fsp3) is 0.263. The first-order valence-corrected chi connectivity index (χ1v) is 10.1. The number of carbonyl (C=O) groups is 2. The molecule has 7 nitrogen and oxygen atoms in total. The summed E-state index contributed by atoms with van der Waals surface area (Å²) in [6.07, 6.45) is 0.984. The van der Waals surface area contributed by atoms with Crippen LogP contribution >= 0.6 is 0 Å². The van der Waals surface area contributed by atoms with Gasteiger partial charge in [-0.1, -0.05) is 42.5 Å². The number of anilines is 1. The molecule has 2 aromatic rings. The highest BCUT2D eigenvalue weighted by Crippen LogP contribution is 2.24. The molecule has 0 aliphatic carbocycles. The smallest absolute Gasteiger partial charge is 0.340 e. The predicted molar refractivity (Wildman–Crippen MR) is 103 cm³/mol. The quantitative estimate of drug-likeness (QED) is 0.696. The Kier molecular flexibility index (Phi) is 6.95. The second-order valence-electron chi connectivity index (χ2n) is 5.86. The van der Waals surface area contributed by atoms with Gasteiger partial charge in [0.25, 0.3) is 0 Å². The van der Waals surface area contributed by atoms with Crippen LogP contribution in [0.4, 0.5) is 5.69 Å². The third-order valence-corrected chi connectivity index (χ3v) is 5.03. The third kappa shape index (κ3) is 5.82. The van der Waals surface area contributed by atoms with Crippen LogP contribution in [0.5, 0.6) is 0 Å². The molecule has 0 heterocycles. The minimum Gasteiger partial charge on any atom is -0.465 e. The van der Waals surface area contributed by atoms with Crippen LogP contribution < -0.4 is 9.62 Å². The first kappa shape index (κ1) is 20.4. The van der Waals surface area contributed by atoms with Crippen LogP contribution in [-0.2, 0) is 26.1 Å². The van der Waals surface area contributed by atoms with E-state index in [1.54, 1.807) is 12.1 Å². The zero-order valence-electron chi connectivity index (χ0n) is 15.2. The molecule has 1 N–H and O–H groups in total. The van der Waals surface area contributed by atoms with Crippen molar-refractivity contribution in [3.8, 4) is 0 Å². The number of nitrogens with zero attached hydrogens (tertiary/aromatic N) is 1. The molecular formula is C19H22N2O5S. The van der Waals surface area contributed by atoms with Crippen LogP contribution in [0.15, 0.2) is 54.6 Å². The van der Waals surface area contributed by atoms with Crippen molar-refractivity contribution in [2.75, 3.05) is 24.2 Å². The highest BCUT2D eigenvalue weighted by atomic mass is 32.2. The van der Waals surface area contributed by atoms with Gasteiger partial charge in [-0.15, -0.1) is 0 Å². The van der Waals surface area contributed by atoms with E-state index in [4.69, 9.17) is 4.74 Å². The number of rotatable bonds is 8. The van der Waals surface area contributed by atoms with Crippen molar-refractivity contribution in [3.63, 3.8) is 0 Å². The van der Waals surface area contributed by atoms with E-state index in [0.717, 1.165) is 16.1 Å². The minimum atomic E-state index is -3.70. The lowest BCUT2D eigenvalue weighted by molar-refractivity contribution is -0.121. The lowest BCUT2D eigenvalue weighted by Gasteiger charge is -2.24. The van der Waals surface area contributed by atoms with Crippen LogP contribution in [0.25, 0.3) is 0 Å². The van der Waals surface area contributed by atoms with E-state index in [1.807, 2.05) is 30.3 Å². The van der Waals surface area contributed by atoms with Gasteiger partial charge in [-0.3, -0.25) is 9.10 Å². The summed E-state index contributed by atoms with van der Waals surface area (Å²) in [5.41, 5.74) is 1.25. The highest BCUT2D eigenvalue weighted by Gasteiger charge is 2.24. The molecule has 0 spiro atoms. The minimum absolute atomic E-state index is 0.0462. The molecule has 27 heavy (non-hydrogen) atoms. The van der Waals surface area contributed by atoms with Gasteiger partial charge in [0, 0.05) is 19.5 Å². The van der Waals surface area contributed by atoms with E-state index >= 15 is 0 Å². The van der Waals surface area contributed by atoms with Crippen LogP contribution in [-0.4, -0.2) is 40.2 Å². The second-order valence-corrected chi connectivity index (χ2v) is 7.76. The Morgan fingerprint density at radius 3 is 2.30 bits per heavy atom. The van der Waals surface area contributed by atoms with Crippen molar-refractivity contribution in [1.29, 1.82) is 0 Å². The summed E-state index contributed by atoms with van der Waals surface area (Å²) >= 11 is 0. The molecule has 0 saturated heterocycles. The van der Waals surface area contributed by atoms with E-state index in [0.29, 0.717) is 6.54 Å². The number of esters is 1. The van der Waals surface area contributed by atoms with Crippen LogP contribution in [0, 0.1) is 0 Å². The molecule has 0 saturated carbocycles. The summed E-state index contributed by atoms with van der Waals surface area (Å²) in [7, 11) is -2.48. The number of para-hydroxylation sites is 1. The maximum absolute atomic E-state index is 12.2. The number of amides is 1. The molecule has 2 rings (SSSR count). The average molecular weight is 390 g/mol. The number of sulfonamides is 1. The third-order valence-electron chi connectivity index (χ3n) is 3.85. The van der Waals surface area contributed by atoms with Crippen molar-refractivity contribution >= 4 is 27.6 Å². The van der Waals surface area contributed by atoms with Crippen LogP contribution in [0.2, 0.25) is 0 Å². The molecular weight excluding hydrogens is 368 g/mol. The summed E-state index contributed by atoms with van der Waals surface area (Å²) in [5.74, 6) is -0.934. The number of hydrogen-bond acceptors (Lipinski definition) is 5. The number of nitrogens with one attached hydrogen (secondary N) is 1.